The zero-order valence-electron chi connectivity index (χ0n) is 8.79. The van der Waals surface area contributed by atoms with Crippen LogP contribution in [0.3, 0.4) is 0 Å². The molecule has 1 rings (SSSR count). The number of hydrogen-bond acceptors (Lipinski definition) is 4. The highest BCUT2D eigenvalue weighted by Gasteiger charge is 2.11. The highest BCUT2D eigenvalue weighted by molar-refractivity contribution is 9.10. The monoisotopic (exact) mass is 291 g/mol. The van der Waals surface area contributed by atoms with Crippen molar-refractivity contribution in [3.05, 3.63) is 15.0 Å². The SMILES string of the molecule is CN(C)CCCNC(=O)c1scnc1Br. The van der Waals surface area contributed by atoms with Crippen molar-refractivity contribution in [2.75, 3.05) is 27.2 Å². The Balaban J connectivity index is 2.28. The van der Waals surface area contributed by atoms with E-state index >= 15 is 0 Å². The van der Waals surface area contributed by atoms with Crippen molar-refractivity contribution in [2.45, 2.75) is 6.42 Å². The number of nitrogens with zero attached hydrogens (tertiary/aromatic N) is 2. The van der Waals surface area contributed by atoms with Crippen molar-refractivity contribution in [3.8, 4) is 0 Å². The van der Waals surface area contributed by atoms with Crippen LogP contribution in [0.4, 0.5) is 0 Å². The molecule has 0 saturated carbocycles. The number of carbonyl (C=O) groups excluding carboxylic acids is 1. The fourth-order valence-electron chi connectivity index (χ4n) is 1.06. The second-order valence-electron chi connectivity index (χ2n) is 3.39. The van der Waals surface area contributed by atoms with Gasteiger partial charge in [0.2, 0.25) is 0 Å². The minimum atomic E-state index is -0.0527. The molecule has 84 valence electrons. The van der Waals surface area contributed by atoms with E-state index in [1.54, 1.807) is 5.51 Å². The number of nitrogens with one attached hydrogen (secondary N) is 1. The van der Waals surface area contributed by atoms with Gasteiger partial charge in [-0.05, 0) is 43.0 Å². The molecule has 0 spiro atoms. The van der Waals surface area contributed by atoms with E-state index in [0.29, 0.717) is 16.0 Å². The van der Waals surface area contributed by atoms with E-state index < -0.39 is 0 Å². The van der Waals surface area contributed by atoms with E-state index in [1.807, 2.05) is 14.1 Å². The largest absolute Gasteiger partial charge is 0.351 e. The molecule has 0 saturated heterocycles. The predicted molar refractivity (Wildman–Crippen MR) is 65.3 cm³/mol. The maximum atomic E-state index is 11.6. The molecular formula is C9H14BrN3OS. The molecule has 6 heteroatoms. The lowest BCUT2D eigenvalue weighted by molar-refractivity contribution is 0.0955. The van der Waals surface area contributed by atoms with E-state index in [0.717, 1.165) is 13.0 Å². The van der Waals surface area contributed by atoms with Gasteiger partial charge in [-0.15, -0.1) is 11.3 Å². The third kappa shape index (κ3) is 4.27. The van der Waals surface area contributed by atoms with Crippen LogP contribution in [-0.2, 0) is 0 Å². The molecule has 0 unspecified atom stereocenters. The number of halogens is 1. The van der Waals surface area contributed by atoms with E-state index in [9.17, 15) is 4.79 Å². The van der Waals surface area contributed by atoms with Crippen LogP contribution in [0, 0.1) is 0 Å². The zero-order valence-corrected chi connectivity index (χ0v) is 11.2. The van der Waals surface area contributed by atoms with Gasteiger partial charge in [0, 0.05) is 6.54 Å². The van der Waals surface area contributed by atoms with Gasteiger partial charge < -0.3 is 10.2 Å². The average Bonchev–Trinajstić information content (AvgIpc) is 2.58. The van der Waals surface area contributed by atoms with Crippen LogP contribution in [0.5, 0.6) is 0 Å². The average molecular weight is 292 g/mol. The zero-order chi connectivity index (χ0) is 11.3. The molecule has 1 amide bonds. The molecule has 0 bridgehead atoms. The summed E-state index contributed by atoms with van der Waals surface area (Å²) in [5.41, 5.74) is 1.65. The Morgan fingerprint density at radius 2 is 2.40 bits per heavy atom. The first-order valence-electron chi connectivity index (χ1n) is 4.63. The lowest BCUT2D eigenvalue weighted by Gasteiger charge is -2.09. The Kier molecular flexibility index (Phi) is 5.21. The molecule has 0 aromatic carbocycles. The Bertz CT molecular complexity index is 327. The van der Waals surface area contributed by atoms with E-state index in [-0.39, 0.29) is 5.91 Å². The summed E-state index contributed by atoms with van der Waals surface area (Å²) in [6.07, 6.45) is 0.954. The smallest absolute Gasteiger partial charge is 0.264 e. The third-order valence-corrected chi connectivity index (χ3v) is 3.49. The van der Waals surface area contributed by atoms with E-state index in [2.05, 4.69) is 31.1 Å². The lowest BCUT2D eigenvalue weighted by Crippen LogP contribution is -2.26. The molecule has 15 heavy (non-hydrogen) atoms. The van der Waals surface area contributed by atoms with Crippen molar-refractivity contribution < 1.29 is 4.79 Å². The van der Waals surface area contributed by atoms with Gasteiger partial charge in [-0.3, -0.25) is 4.79 Å². The van der Waals surface area contributed by atoms with Crippen LogP contribution in [0.2, 0.25) is 0 Å². The molecule has 0 radical (unpaired) electrons. The van der Waals surface area contributed by atoms with Crippen LogP contribution in [0.25, 0.3) is 0 Å². The van der Waals surface area contributed by atoms with Crippen LogP contribution in [0.1, 0.15) is 16.1 Å². The van der Waals surface area contributed by atoms with Crippen molar-refractivity contribution in [3.63, 3.8) is 0 Å². The summed E-state index contributed by atoms with van der Waals surface area (Å²) in [5, 5.41) is 2.86. The number of rotatable bonds is 5. The van der Waals surface area contributed by atoms with Crippen molar-refractivity contribution in [1.29, 1.82) is 0 Å². The molecule has 0 aliphatic rings. The van der Waals surface area contributed by atoms with Crippen LogP contribution in [-0.4, -0.2) is 43.0 Å². The number of aromatic nitrogens is 1. The highest BCUT2D eigenvalue weighted by Crippen LogP contribution is 2.18. The summed E-state index contributed by atoms with van der Waals surface area (Å²) in [7, 11) is 4.03. The fourth-order valence-corrected chi connectivity index (χ4v) is 2.35. The Labute approximate surface area is 102 Å². The quantitative estimate of drug-likeness (QED) is 0.838. The van der Waals surface area contributed by atoms with Crippen molar-refractivity contribution >= 4 is 33.2 Å². The van der Waals surface area contributed by atoms with Gasteiger partial charge in [0.25, 0.3) is 5.91 Å². The first-order valence-corrected chi connectivity index (χ1v) is 6.30. The normalized spacial score (nSPS) is 10.7. The molecule has 4 nitrogen and oxygen atoms in total. The molecule has 1 heterocycles. The van der Waals surface area contributed by atoms with Crippen molar-refractivity contribution in [2.24, 2.45) is 0 Å². The van der Waals surface area contributed by atoms with Crippen LogP contribution >= 0.6 is 27.3 Å². The van der Waals surface area contributed by atoms with Gasteiger partial charge in [-0.25, -0.2) is 4.98 Å². The molecule has 0 aliphatic heterocycles. The Morgan fingerprint density at radius 3 is 2.93 bits per heavy atom. The summed E-state index contributed by atoms with van der Waals surface area (Å²) in [6.45, 7) is 1.67. The molecule has 1 N–H and O–H groups in total. The van der Waals surface area contributed by atoms with Crippen molar-refractivity contribution in [1.82, 2.24) is 15.2 Å². The maximum Gasteiger partial charge on any atom is 0.264 e. The Morgan fingerprint density at radius 1 is 1.67 bits per heavy atom. The lowest BCUT2D eigenvalue weighted by atomic mass is 10.4. The van der Waals surface area contributed by atoms with Crippen LogP contribution < -0.4 is 5.32 Å². The summed E-state index contributed by atoms with van der Waals surface area (Å²) >= 11 is 4.57. The van der Waals surface area contributed by atoms with Gasteiger partial charge in [0.1, 0.15) is 9.48 Å². The number of hydrogen-bond donors (Lipinski definition) is 1. The summed E-state index contributed by atoms with van der Waals surface area (Å²) < 4.78 is 0.623. The van der Waals surface area contributed by atoms with Crippen LogP contribution in [0.15, 0.2) is 10.1 Å². The third-order valence-electron chi connectivity index (χ3n) is 1.80. The predicted octanol–water partition coefficient (Wildman–Crippen LogP) is 1.59. The standard InChI is InChI=1S/C9H14BrN3OS/c1-13(2)5-3-4-11-9(14)7-8(10)12-6-15-7/h6H,3-5H2,1-2H3,(H,11,14). The molecule has 0 fully saturated rings. The topological polar surface area (TPSA) is 45.2 Å². The molecule has 0 atom stereocenters. The fraction of sp³-hybridized carbons (Fsp3) is 0.556. The second kappa shape index (κ2) is 6.19. The molecule has 1 aromatic heterocycles. The Hall–Kier alpha value is -0.460. The van der Waals surface area contributed by atoms with Gasteiger partial charge in [0.05, 0.1) is 5.51 Å². The second-order valence-corrected chi connectivity index (χ2v) is 4.99. The van der Waals surface area contributed by atoms with Gasteiger partial charge in [0.15, 0.2) is 0 Å². The number of carbonyl (C=O) groups is 1. The minimum Gasteiger partial charge on any atom is -0.351 e. The first kappa shape index (κ1) is 12.6. The van der Waals surface area contributed by atoms with Gasteiger partial charge in [-0.2, -0.15) is 0 Å². The number of amides is 1. The first-order chi connectivity index (χ1) is 7.11. The van der Waals surface area contributed by atoms with E-state index in [1.165, 1.54) is 11.3 Å². The highest BCUT2D eigenvalue weighted by atomic mass is 79.9. The van der Waals surface area contributed by atoms with E-state index in [4.69, 9.17) is 0 Å². The summed E-state index contributed by atoms with van der Waals surface area (Å²) in [4.78, 5) is 18.3. The molecule has 1 aromatic rings. The maximum absolute atomic E-state index is 11.6. The summed E-state index contributed by atoms with van der Waals surface area (Å²) in [5.74, 6) is -0.0527. The van der Waals surface area contributed by atoms with Gasteiger partial charge in [-0.1, -0.05) is 0 Å². The summed E-state index contributed by atoms with van der Waals surface area (Å²) in [6, 6.07) is 0. The number of thiazole rings is 1. The minimum absolute atomic E-state index is 0.0527. The molecule has 0 aliphatic carbocycles. The van der Waals surface area contributed by atoms with Gasteiger partial charge >= 0.3 is 0 Å². The molecular weight excluding hydrogens is 278 g/mol.